The van der Waals surface area contributed by atoms with Crippen LogP contribution in [0, 0.1) is 6.92 Å². The van der Waals surface area contributed by atoms with Crippen molar-refractivity contribution in [1.29, 1.82) is 0 Å². The molecule has 0 aromatic heterocycles. The Bertz CT molecular complexity index is 292. The van der Waals surface area contributed by atoms with Crippen molar-refractivity contribution < 1.29 is 0 Å². The summed E-state index contributed by atoms with van der Waals surface area (Å²) in [6.07, 6.45) is 4.03. The summed E-state index contributed by atoms with van der Waals surface area (Å²) in [5, 5.41) is 1.67. The van der Waals surface area contributed by atoms with Crippen LogP contribution in [0.1, 0.15) is 11.1 Å². The van der Waals surface area contributed by atoms with Gasteiger partial charge in [0.05, 0.1) is 0 Å². The predicted octanol–water partition coefficient (Wildman–Crippen LogP) is 4.06. The number of halogens is 2. The van der Waals surface area contributed by atoms with E-state index in [0.29, 0.717) is 0 Å². The normalized spacial score (nSPS) is 10.9. The van der Waals surface area contributed by atoms with Crippen molar-refractivity contribution >= 4 is 33.6 Å². The van der Waals surface area contributed by atoms with Gasteiger partial charge in [-0.15, -0.1) is 0 Å². The number of allylic oxidation sites excluding steroid dienone is 1. The minimum Gasteiger partial charge on any atom is -0.0883 e. The van der Waals surface area contributed by atoms with Gasteiger partial charge in [0.25, 0.3) is 0 Å². The van der Waals surface area contributed by atoms with E-state index < -0.39 is 0 Å². The molecule has 1 rings (SSSR count). The highest BCUT2D eigenvalue weighted by atomic mass is 79.9. The Morgan fingerprint density at radius 2 is 2.25 bits per heavy atom. The summed E-state index contributed by atoms with van der Waals surface area (Å²) in [7, 11) is 0. The van der Waals surface area contributed by atoms with Gasteiger partial charge in [0, 0.05) is 10.4 Å². The highest BCUT2D eigenvalue weighted by molar-refractivity contribution is 9.09. The molecule has 0 fully saturated rings. The summed E-state index contributed by atoms with van der Waals surface area (Å²) >= 11 is 9.31. The summed E-state index contributed by atoms with van der Waals surface area (Å²) in [5.74, 6) is 0. The van der Waals surface area contributed by atoms with Gasteiger partial charge in [-0.2, -0.15) is 0 Å². The molecule has 0 radical (unpaired) electrons. The molecule has 0 aliphatic rings. The lowest BCUT2D eigenvalue weighted by Crippen LogP contribution is -1.77. The quantitative estimate of drug-likeness (QED) is 0.690. The molecule has 0 bridgehead atoms. The molecule has 0 amide bonds. The maximum Gasteiger partial charge on any atom is 0.0480 e. The topological polar surface area (TPSA) is 0 Å². The van der Waals surface area contributed by atoms with Crippen LogP contribution in [0.2, 0.25) is 5.02 Å². The second-order valence-electron chi connectivity index (χ2n) is 2.58. The fourth-order valence-corrected chi connectivity index (χ4v) is 1.42. The van der Waals surface area contributed by atoms with Gasteiger partial charge in [0.15, 0.2) is 0 Å². The number of benzene rings is 1. The molecule has 12 heavy (non-hydrogen) atoms. The van der Waals surface area contributed by atoms with Crippen molar-refractivity contribution in [2.24, 2.45) is 0 Å². The van der Waals surface area contributed by atoms with Crippen molar-refractivity contribution in [2.45, 2.75) is 6.92 Å². The third-order valence-electron chi connectivity index (χ3n) is 1.54. The molecular weight excluding hydrogens is 235 g/mol. The third kappa shape index (κ3) is 2.65. The molecular formula is C10H10BrCl. The van der Waals surface area contributed by atoms with E-state index in [1.807, 2.05) is 31.2 Å². The average Bonchev–Trinajstić information content (AvgIpc) is 2.03. The molecule has 0 aliphatic heterocycles. The van der Waals surface area contributed by atoms with Crippen LogP contribution in [0.5, 0.6) is 0 Å². The zero-order valence-electron chi connectivity index (χ0n) is 6.85. The van der Waals surface area contributed by atoms with Crippen LogP contribution in [0.25, 0.3) is 6.08 Å². The Balaban J connectivity index is 2.94. The Hall–Kier alpha value is -0.270. The van der Waals surface area contributed by atoms with E-state index >= 15 is 0 Å². The molecule has 0 spiro atoms. The molecule has 1 aromatic carbocycles. The monoisotopic (exact) mass is 244 g/mol. The standard InChI is InChI=1S/C10H10BrCl/c1-8-4-5-9(3-2-6-11)10(12)7-8/h2-5,7H,6H2,1H3. The van der Waals surface area contributed by atoms with E-state index in [9.17, 15) is 0 Å². The van der Waals surface area contributed by atoms with Crippen molar-refractivity contribution in [3.05, 3.63) is 40.4 Å². The summed E-state index contributed by atoms with van der Waals surface area (Å²) in [5.41, 5.74) is 2.26. The van der Waals surface area contributed by atoms with Gasteiger partial charge in [0.2, 0.25) is 0 Å². The van der Waals surface area contributed by atoms with Crippen molar-refractivity contribution in [1.82, 2.24) is 0 Å². The third-order valence-corrected chi connectivity index (χ3v) is 2.24. The van der Waals surface area contributed by atoms with Crippen LogP contribution in [-0.2, 0) is 0 Å². The van der Waals surface area contributed by atoms with Crippen LogP contribution in [-0.4, -0.2) is 5.33 Å². The fourth-order valence-electron chi connectivity index (χ4n) is 0.939. The maximum atomic E-state index is 6.00. The molecule has 0 nitrogen and oxygen atoms in total. The first-order valence-corrected chi connectivity index (χ1v) is 5.22. The van der Waals surface area contributed by atoms with E-state index in [1.165, 1.54) is 5.56 Å². The Labute approximate surface area is 86.4 Å². The lowest BCUT2D eigenvalue weighted by atomic mass is 10.1. The summed E-state index contributed by atoms with van der Waals surface area (Å²) < 4.78 is 0. The van der Waals surface area contributed by atoms with Crippen LogP contribution < -0.4 is 0 Å². The van der Waals surface area contributed by atoms with Crippen LogP contribution >= 0.6 is 27.5 Å². The molecule has 0 N–H and O–H groups in total. The van der Waals surface area contributed by atoms with Gasteiger partial charge in [-0.05, 0) is 24.1 Å². The minimum absolute atomic E-state index is 0.812. The number of alkyl halides is 1. The van der Waals surface area contributed by atoms with E-state index in [4.69, 9.17) is 11.6 Å². The summed E-state index contributed by atoms with van der Waals surface area (Å²) in [6, 6.07) is 6.05. The predicted molar refractivity (Wildman–Crippen MR) is 59.0 cm³/mol. The summed E-state index contributed by atoms with van der Waals surface area (Å²) in [6.45, 7) is 2.03. The molecule has 0 heterocycles. The average molecular weight is 246 g/mol. The van der Waals surface area contributed by atoms with Crippen LogP contribution in [0.4, 0.5) is 0 Å². The molecule has 0 saturated carbocycles. The molecule has 64 valence electrons. The SMILES string of the molecule is Cc1ccc(C=CCBr)c(Cl)c1. The number of rotatable bonds is 2. The van der Waals surface area contributed by atoms with Gasteiger partial charge in [0.1, 0.15) is 0 Å². The Kier molecular flexibility index (Phi) is 3.83. The Morgan fingerprint density at radius 1 is 1.50 bits per heavy atom. The maximum absolute atomic E-state index is 6.00. The zero-order valence-corrected chi connectivity index (χ0v) is 9.19. The minimum atomic E-state index is 0.812. The molecule has 0 saturated heterocycles. The first kappa shape index (κ1) is 9.82. The molecule has 0 unspecified atom stereocenters. The summed E-state index contributed by atoms with van der Waals surface area (Å²) in [4.78, 5) is 0. The van der Waals surface area contributed by atoms with Gasteiger partial charge >= 0.3 is 0 Å². The molecule has 2 heteroatoms. The van der Waals surface area contributed by atoms with Crippen LogP contribution in [0.15, 0.2) is 24.3 Å². The first-order valence-electron chi connectivity index (χ1n) is 3.72. The van der Waals surface area contributed by atoms with E-state index in [-0.39, 0.29) is 0 Å². The molecule has 0 atom stereocenters. The lowest BCUT2D eigenvalue weighted by Gasteiger charge is -1.98. The van der Waals surface area contributed by atoms with E-state index in [1.54, 1.807) is 0 Å². The second kappa shape index (κ2) is 4.68. The van der Waals surface area contributed by atoms with Gasteiger partial charge in [-0.25, -0.2) is 0 Å². The fraction of sp³-hybridized carbons (Fsp3) is 0.200. The lowest BCUT2D eigenvalue weighted by molar-refractivity contribution is 1.46. The second-order valence-corrected chi connectivity index (χ2v) is 3.64. The first-order chi connectivity index (χ1) is 5.74. The highest BCUT2D eigenvalue weighted by Gasteiger charge is 1.94. The molecule has 0 aliphatic carbocycles. The van der Waals surface area contributed by atoms with Crippen molar-refractivity contribution in [3.63, 3.8) is 0 Å². The highest BCUT2D eigenvalue weighted by Crippen LogP contribution is 2.18. The van der Waals surface area contributed by atoms with E-state index in [0.717, 1.165) is 15.9 Å². The smallest absolute Gasteiger partial charge is 0.0480 e. The molecule has 1 aromatic rings. The Morgan fingerprint density at radius 3 is 2.83 bits per heavy atom. The van der Waals surface area contributed by atoms with Gasteiger partial charge in [-0.1, -0.05) is 51.8 Å². The van der Waals surface area contributed by atoms with E-state index in [2.05, 4.69) is 22.0 Å². The zero-order chi connectivity index (χ0) is 8.97. The van der Waals surface area contributed by atoms with Gasteiger partial charge in [-0.3, -0.25) is 0 Å². The largest absolute Gasteiger partial charge is 0.0883 e. The number of hydrogen-bond donors (Lipinski definition) is 0. The van der Waals surface area contributed by atoms with Crippen molar-refractivity contribution in [2.75, 3.05) is 5.33 Å². The van der Waals surface area contributed by atoms with Crippen molar-refractivity contribution in [3.8, 4) is 0 Å². The number of aryl methyl sites for hydroxylation is 1. The van der Waals surface area contributed by atoms with Gasteiger partial charge < -0.3 is 0 Å². The number of hydrogen-bond acceptors (Lipinski definition) is 0. The van der Waals surface area contributed by atoms with Crippen LogP contribution in [0.3, 0.4) is 0 Å².